The maximum atomic E-state index is 13.4. The van der Waals surface area contributed by atoms with Crippen molar-refractivity contribution in [3.8, 4) is 5.75 Å². The van der Waals surface area contributed by atoms with Crippen molar-refractivity contribution in [1.82, 2.24) is 0 Å². The molecule has 3 aromatic carbocycles. The van der Waals surface area contributed by atoms with Gasteiger partial charge in [-0.05, 0) is 47.5 Å². The average molecular weight is 561 g/mol. The molecular weight excluding hydrogens is 537 g/mol. The molecule has 188 valence electrons. The molecule has 0 radical (unpaired) electrons. The molecule has 1 fully saturated rings. The number of rotatable bonds is 7. The highest BCUT2D eigenvalue weighted by molar-refractivity contribution is 9.10. The van der Waals surface area contributed by atoms with Crippen molar-refractivity contribution in [3.05, 3.63) is 100 Å². The second-order valence-electron chi connectivity index (χ2n) is 8.82. The summed E-state index contributed by atoms with van der Waals surface area (Å²) in [4.78, 5) is 26.1. The zero-order chi connectivity index (χ0) is 25.7. The van der Waals surface area contributed by atoms with Crippen LogP contribution in [-0.2, 0) is 27.1 Å². The van der Waals surface area contributed by atoms with Gasteiger partial charge in [0.2, 0.25) is 0 Å². The fourth-order valence-corrected chi connectivity index (χ4v) is 4.79. The van der Waals surface area contributed by atoms with Crippen molar-refractivity contribution in [2.24, 2.45) is 11.8 Å². The van der Waals surface area contributed by atoms with Gasteiger partial charge in [-0.25, -0.2) is 0 Å². The Hall–Kier alpha value is -3.13. The third-order valence-corrected chi connectivity index (χ3v) is 6.85. The van der Waals surface area contributed by atoms with E-state index in [0.717, 1.165) is 27.7 Å². The molecule has 4 nitrogen and oxygen atoms in total. The third kappa shape index (κ3) is 6.55. The van der Waals surface area contributed by atoms with Gasteiger partial charge in [0.05, 0.1) is 18.1 Å². The summed E-state index contributed by atoms with van der Waals surface area (Å²) in [6.45, 7) is 0.0961. The van der Waals surface area contributed by atoms with Crippen molar-refractivity contribution >= 4 is 27.7 Å². The lowest BCUT2D eigenvalue weighted by molar-refractivity contribution is -0.155. The van der Waals surface area contributed by atoms with Gasteiger partial charge in [0.25, 0.3) is 0 Å². The number of carbonyl (C=O) groups is 2. The molecule has 1 saturated carbocycles. The number of hydrogen-bond donors (Lipinski definition) is 0. The fraction of sp³-hybridized carbons (Fsp3) is 0.286. The number of hydrogen-bond acceptors (Lipinski definition) is 4. The van der Waals surface area contributed by atoms with Gasteiger partial charge in [-0.15, -0.1) is 0 Å². The lowest BCUT2D eigenvalue weighted by Gasteiger charge is -2.36. The topological polar surface area (TPSA) is 52.6 Å². The van der Waals surface area contributed by atoms with Crippen LogP contribution in [0.2, 0.25) is 0 Å². The Balaban J connectivity index is 1.55. The van der Waals surface area contributed by atoms with Crippen molar-refractivity contribution < 1.29 is 32.2 Å². The predicted octanol–water partition coefficient (Wildman–Crippen LogP) is 6.97. The van der Waals surface area contributed by atoms with Crippen LogP contribution in [-0.4, -0.2) is 18.4 Å². The second-order valence-corrected chi connectivity index (χ2v) is 9.73. The normalized spacial score (nSPS) is 20.1. The smallest absolute Gasteiger partial charge is 0.416 e. The number of Topliss-reactive ketones (excluding diaryl/α,β-unsaturated/α-hetero) is 1. The van der Waals surface area contributed by atoms with Crippen molar-refractivity contribution in [2.45, 2.75) is 31.5 Å². The summed E-state index contributed by atoms with van der Waals surface area (Å²) in [6, 6.07) is 21.1. The Morgan fingerprint density at radius 2 is 1.58 bits per heavy atom. The minimum absolute atomic E-state index is 0.00366. The SMILES string of the molecule is O=C1C[C@@H](COc2ccc(C(F)(F)F)cc2)[C@H](C(=O)OCc2ccccc2)[C@@H](c2ccc(Br)cc2)C1. The molecule has 0 unspecified atom stereocenters. The molecule has 36 heavy (non-hydrogen) atoms. The summed E-state index contributed by atoms with van der Waals surface area (Å²) in [7, 11) is 0. The van der Waals surface area contributed by atoms with E-state index < -0.39 is 35.5 Å². The Labute approximate surface area is 215 Å². The quantitative estimate of drug-likeness (QED) is 0.293. The minimum Gasteiger partial charge on any atom is -0.493 e. The molecule has 0 N–H and O–H groups in total. The Kier molecular flexibility index (Phi) is 8.14. The zero-order valence-electron chi connectivity index (χ0n) is 19.2. The number of esters is 1. The van der Waals surface area contributed by atoms with Gasteiger partial charge in [0, 0.05) is 29.2 Å². The summed E-state index contributed by atoms with van der Waals surface area (Å²) in [5, 5.41) is 0. The molecule has 3 aromatic rings. The molecule has 0 amide bonds. The van der Waals surface area contributed by atoms with Crippen LogP contribution in [0.15, 0.2) is 83.3 Å². The molecule has 4 rings (SSSR count). The number of ketones is 1. The molecular formula is C28H24BrF3O4. The van der Waals surface area contributed by atoms with E-state index in [4.69, 9.17) is 9.47 Å². The second kappa shape index (κ2) is 11.3. The molecule has 0 bridgehead atoms. The van der Waals surface area contributed by atoms with Gasteiger partial charge in [-0.2, -0.15) is 13.2 Å². The summed E-state index contributed by atoms with van der Waals surface area (Å²) in [5.74, 6) is -1.75. The highest BCUT2D eigenvalue weighted by atomic mass is 79.9. The number of ether oxygens (including phenoxy) is 2. The van der Waals surface area contributed by atoms with Gasteiger partial charge in [0.15, 0.2) is 0 Å². The molecule has 0 heterocycles. The van der Waals surface area contributed by atoms with E-state index in [9.17, 15) is 22.8 Å². The van der Waals surface area contributed by atoms with E-state index in [2.05, 4.69) is 15.9 Å². The third-order valence-electron chi connectivity index (χ3n) is 6.32. The molecule has 8 heteroatoms. The minimum atomic E-state index is -4.44. The highest BCUT2D eigenvalue weighted by Gasteiger charge is 2.43. The van der Waals surface area contributed by atoms with Crippen molar-refractivity contribution in [3.63, 3.8) is 0 Å². The maximum Gasteiger partial charge on any atom is 0.416 e. The maximum absolute atomic E-state index is 13.4. The molecule has 3 atom stereocenters. The summed E-state index contributed by atoms with van der Waals surface area (Å²) in [6.07, 6.45) is -4.12. The van der Waals surface area contributed by atoms with E-state index in [1.807, 2.05) is 54.6 Å². The van der Waals surface area contributed by atoms with E-state index in [-0.39, 0.29) is 37.6 Å². The van der Waals surface area contributed by atoms with Crippen LogP contribution in [0, 0.1) is 11.8 Å². The first-order valence-corrected chi connectivity index (χ1v) is 12.3. The Morgan fingerprint density at radius 1 is 0.917 bits per heavy atom. The molecule has 1 aliphatic rings. The molecule has 0 spiro atoms. The van der Waals surface area contributed by atoms with Crippen LogP contribution >= 0.6 is 15.9 Å². The van der Waals surface area contributed by atoms with Crippen LogP contribution in [0.1, 0.15) is 35.4 Å². The first-order chi connectivity index (χ1) is 17.2. The van der Waals surface area contributed by atoms with Gasteiger partial charge in [-0.3, -0.25) is 9.59 Å². The van der Waals surface area contributed by atoms with E-state index in [1.54, 1.807) is 0 Å². The fourth-order valence-electron chi connectivity index (χ4n) is 4.53. The van der Waals surface area contributed by atoms with Crippen LogP contribution in [0.25, 0.3) is 0 Å². The predicted molar refractivity (Wildman–Crippen MR) is 131 cm³/mol. The van der Waals surface area contributed by atoms with Gasteiger partial charge >= 0.3 is 12.1 Å². The monoisotopic (exact) mass is 560 g/mol. The Bertz CT molecular complexity index is 1180. The number of alkyl halides is 3. The van der Waals surface area contributed by atoms with Crippen LogP contribution in [0.4, 0.5) is 13.2 Å². The lowest BCUT2D eigenvalue weighted by Crippen LogP contribution is -2.40. The number of halogens is 4. The van der Waals surface area contributed by atoms with E-state index in [1.165, 1.54) is 12.1 Å². The largest absolute Gasteiger partial charge is 0.493 e. The van der Waals surface area contributed by atoms with Crippen molar-refractivity contribution in [1.29, 1.82) is 0 Å². The molecule has 0 aromatic heterocycles. The summed E-state index contributed by atoms with van der Waals surface area (Å²) in [5.41, 5.74) is 0.906. The standard InChI is InChI=1S/C28H24BrF3O4/c29-22-10-6-19(7-11-22)25-15-23(33)14-20(17-35-24-12-8-21(9-13-24)28(30,31)32)26(25)27(34)36-16-18-4-2-1-3-5-18/h1-13,20,25-26H,14-17H2/t20-,25+,26-/m0/s1. The van der Waals surface area contributed by atoms with Gasteiger partial charge in [0.1, 0.15) is 18.1 Å². The van der Waals surface area contributed by atoms with Crippen LogP contribution in [0.3, 0.4) is 0 Å². The van der Waals surface area contributed by atoms with Gasteiger partial charge < -0.3 is 9.47 Å². The summed E-state index contributed by atoms with van der Waals surface area (Å²) >= 11 is 3.41. The molecule has 0 saturated heterocycles. The highest BCUT2D eigenvalue weighted by Crippen LogP contribution is 2.41. The average Bonchev–Trinajstić information content (AvgIpc) is 2.86. The summed E-state index contributed by atoms with van der Waals surface area (Å²) < 4.78 is 50.9. The van der Waals surface area contributed by atoms with Crippen molar-refractivity contribution in [2.75, 3.05) is 6.61 Å². The lowest BCUT2D eigenvalue weighted by atomic mass is 9.69. The van der Waals surface area contributed by atoms with E-state index in [0.29, 0.717) is 0 Å². The van der Waals surface area contributed by atoms with Crippen LogP contribution in [0.5, 0.6) is 5.75 Å². The van der Waals surface area contributed by atoms with Crippen LogP contribution < -0.4 is 4.74 Å². The molecule has 0 aliphatic heterocycles. The first-order valence-electron chi connectivity index (χ1n) is 11.5. The van der Waals surface area contributed by atoms with Gasteiger partial charge in [-0.1, -0.05) is 58.4 Å². The number of carbonyl (C=O) groups excluding carboxylic acids is 2. The number of benzene rings is 3. The first kappa shape index (κ1) is 25.9. The zero-order valence-corrected chi connectivity index (χ0v) is 20.8. The van der Waals surface area contributed by atoms with E-state index >= 15 is 0 Å². The Morgan fingerprint density at radius 3 is 2.22 bits per heavy atom. The molecule has 1 aliphatic carbocycles.